The van der Waals surface area contributed by atoms with Gasteiger partial charge in [0.1, 0.15) is 0 Å². The van der Waals surface area contributed by atoms with E-state index in [1.54, 1.807) is 19.1 Å². The van der Waals surface area contributed by atoms with Gasteiger partial charge in [-0.3, -0.25) is 4.79 Å². The van der Waals surface area contributed by atoms with Gasteiger partial charge in [-0.2, -0.15) is 0 Å². The normalized spacial score (nSPS) is 10.6. The molecule has 0 fully saturated rings. The highest BCUT2D eigenvalue weighted by Gasteiger charge is 2.12. The largest absolute Gasteiger partial charge is 0.478 e. The lowest BCUT2D eigenvalue weighted by Gasteiger charge is -2.11. The number of amides is 1. The lowest BCUT2D eigenvalue weighted by atomic mass is 10.1. The fraction of sp³-hybridized carbons (Fsp3) is 0.333. The SMILES string of the molecule is CSc1nc(C)c(CCC(=O)Nc2ccc(C(=O)O)c(C)c2)c(C)n1. The molecule has 1 aromatic heterocycles. The van der Waals surface area contributed by atoms with Crippen molar-refractivity contribution in [2.45, 2.75) is 38.8 Å². The molecule has 0 bridgehead atoms. The Morgan fingerprint density at radius 3 is 2.32 bits per heavy atom. The third-order valence-corrected chi connectivity index (χ3v) is 4.47. The summed E-state index contributed by atoms with van der Waals surface area (Å²) in [6.45, 7) is 5.56. The topological polar surface area (TPSA) is 92.2 Å². The number of nitrogens with zero attached hydrogens (tertiary/aromatic N) is 2. The first-order chi connectivity index (χ1) is 11.8. The van der Waals surface area contributed by atoms with Crippen molar-refractivity contribution in [2.24, 2.45) is 0 Å². The van der Waals surface area contributed by atoms with Crippen LogP contribution in [-0.4, -0.2) is 33.2 Å². The highest BCUT2D eigenvalue weighted by molar-refractivity contribution is 7.98. The van der Waals surface area contributed by atoms with E-state index in [0.717, 1.165) is 22.1 Å². The second-order valence-corrected chi connectivity index (χ2v) is 6.52. The number of thioether (sulfide) groups is 1. The third kappa shape index (κ3) is 4.79. The first-order valence-electron chi connectivity index (χ1n) is 7.83. The zero-order chi connectivity index (χ0) is 18.6. The summed E-state index contributed by atoms with van der Waals surface area (Å²) in [4.78, 5) is 32.0. The van der Waals surface area contributed by atoms with Gasteiger partial charge in [0.2, 0.25) is 5.91 Å². The first kappa shape index (κ1) is 18.9. The Hall–Kier alpha value is -2.41. The quantitative estimate of drug-likeness (QED) is 0.607. The van der Waals surface area contributed by atoms with E-state index in [0.29, 0.717) is 24.1 Å². The zero-order valence-corrected chi connectivity index (χ0v) is 15.5. The third-order valence-electron chi connectivity index (χ3n) is 3.93. The van der Waals surface area contributed by atoms with Crippen LogP contribution in [-0.2, 0) is 11.2 Å². The second-order valence-electron chi connectivity index (χ2n) is 5.74. The van der Waals surface area contributed by atoms with E-state index >= 15 is 0 Å². The molecule has 0 saturated heterocycles. The maximum Gasteiger partial charge on any atom is 0.335 e. The van der Waals surface area contributed by atoms with Gasteiger partial charge in [-0.05, 0) is 62.8 Å². The van der Waals surface area contributed by atoms with Crippen molar-refractivity contribution < 1.29 is 14.7 Å². The van der Waals surface area contributed by atoms with Gasteiger partial charge in [0.25, 0.3) is 0 Å². The van der Waals surface area contributed by atoms with Crippen LogP contribution < -0.4 is 5.32 Å². The Kier molecular flexibility index (Phi) is 6.14. The number of nitrogens with one attached hydrogen (secondary N) is 1. The Morgan fingerprint density at radius 1 is 1.16 bits per heavy atom. The predicted molar refractivity (Wildman–Crippen MR) is 98.4 cm³/mol. The average Bonchev–Trinajstić information content (AvgIpc) is 2.53. The van der Waals surface area contributed by atoms with Crippen LogP contribution in [0.5, 0.6) is 0 Å². The van der Waals surface area contributed by atoms with Crippen LogP contribution in [0.25, 0.3) is 0 Å². The summed E-state index contributed by atoms with van der Waals surface area (Å²) in [7, 11) is 0. The van der Waals surface area contributed by atoms with Gasteiger partial charge < -0.3 is 10.4 Å². The van der Waals surface area contributed by atoms with Crippen LogP contribution in [0.15, 0.2) is 23.4 Å². The molecular weight excluding hydrogens is 338 g/mol. The number of aryl methyl sites for hydroxylation is 3. The molecule has 0 aliphatic heterocycles. The number of carbonyl (C=O) groups is 2. The molecule has 0 aliphatic rings. The summed E-state index contributed by atoms with van der Waals surface area (Å²) in [5.41, 5.74) is 4.21. The molecule has 0 unspecified atom stereocenters. The number of hydrogen-bond donors (Lipinski definition) is 2. The van der Waals surface area contributed by atoms with Crippen molar-refractivity contribution in [3.63, 3.8) is 0 Å². The maximum absolute atomic E-state index is 12.2. The Balaban J connectivity index is 2.02. The zero-order valence-electron chi connectivity index (χ0n) is 14.7. The van der Waals surface area contributed by atoms with Gasteiger partial charge in [0.05, 0.1) is 5.56 Å². The van der Waals surface area contributed by atoms with Crippen LogP contribution in [0.4, 0.5) is 5.69 Å². The summed E-state index contributed by atoms with van der Waals surface area (Å²) >= 11 is 1.49. The smallest absolute Gasteiger partial charge is 0.335 e. The summed E-state index contributed by atoms with van der Waals surface area (Å²) < 4.78 is 0. The molecule has 132 valence electrons. The fourth-order valence-electron chi connectivity index (χ4n) is 2.61. The number of aromatic nitrogens is 2. The van der Waals surface area contributed by atoms with Gasteiger partial charge in [-0.1, -0.05) is 11.8 Å². The molecule has 2 rings (SSSR count). The van der Waals surface area contributed by atoms with Gasteiger partial charge in [0, 0.05) is 23.5 Å². The number of carboxylic acids is 1. The molecule has 1 heterocycles. The Bertz CT molecular complexity index is 798. The molecule has 25 heavy (non-hydrogen) atoms. The van der Waals surface area contributed by atoms with Gasteiger partial charge in [-0.15, -0.1) is 0 Å². The molecule has 0 atom stereocenters. The van der Waals surface area contributed by atoms with Crippen molar-refractivity contribution in [3.05, 3.63) is 46.3 Å². The van der Waals surface area contributed by atoms with Crippen molar-refractivity contribution in [1.82, 2.24) is 9.97 Å². The fourth-order valence-corrected chi connectivity index (χ4v) is 3.06. The number of carbonyl (C=O) groups excluding carboxylic acids is 1. The van der Waals surface area contributed by atoms with Gasteiger partial charge in [0.15, 0.2) is 5.16 Å². The molecular formula is C18H21N3O3S. The highest BCUT2D eigenvalue weighted by atomic mass is 32.2. The summed E-state index contributed by atoms with van der Waals surface area (Å²) in [5, 5.41) is 12.6. The number of carboxylic acid groups (broad SMARTS) is 1. The number of hydrogen-bond acceptors (Lipinski definition) is 5. The molecule has 2 aromatic rings. The van der Waals surface area contributed by atoms with Crippen molar-refractivity contribution in [2.75, 3.05) is 11.6 Å². The number of aromatic carboxylic acids is 1. The van der Waals surface area contributed by atoms with E-state index in [2.05, 4.69) is 15.3 Å². The van der Waals surface area contributed by atoms with Crippen molar-refractivity contribution in [3.8, 4) is 0 Å². The van der Waals surface area contributed by atoms with Crippen LogP contribution >= 0.6 is 11.8 Å². The minimum atomic E-state index is -0.977. The molecule has 0 aliphatic carbocycles. The first-order valence-corrected chi connectivity index (χ1v) is 9.06. The lowest BCUT2D eigenvalue weighted by Crippen LogP contribution is -2.14. The van der Waals surface area contributed by atoms with E-state index in [4.69, 9.17) is 5.11 Å². The monoisotopic (exact) mass is 359 g/mol. The molecule has 7 heteroatoms. The Morgan fingerprint density at radius 2 is 1.80 bits per heavy atom. The molecule has 6 nitrogen and oxygen atoms in total. The molecule has 1 aromatic carbocycles. The average molecular weight is 359 g/mol. The van der Waals surface area contributed by atoms with Crippen LogP contribution in [0.2, 0.25) is 0 Å². The van der Waals surface area contributed by atoms with E-state index in [1.165, 1.54) is 17.8 Å². The van der Waals surface area contributed by atoms with E-state index < -0.39 is 5.97 Å². The molecule has 0 saturated carbocycles. The van der Waals surface area contributed by atoms with E-state index in [1.807, 2.05) is 20.1 Å². The van der Waals surface area contributed by atoms with Gasteiger partial charge in [-0.25, -0.2) is 14.8 Å². The van der Waals surface area contributed by atoms with Gasteiger partial charge >= 0.3 is 5.97 Å². The van der Waals surface area contributed by atoms with Crippen molar-refractivity contribution >= 4 is 29.3 Å². The predicted octanol–water partition coefficient (Wildman–Crippen LogP) is 3.39. The standard InChI is InChI=1S/C18H21N3O3S/c1-10-9-13(5-6-14(10)17(23)24)21-16(22)8-7-15-11(2)19-18(25-4)20-12(15)3/h5-6,9H,7-8H2,1-4H3,(H,21,22)(H,23,24). The van der Waals surface area contributed by atoms with Crippen molar-refractivity contribution in [1.29, 1.82) is 0 Å². The Labute approximate surface area is 151 Å². The minimum Gasteiger partial charge on any atom is -0.478 e. The van der Waals surface area contributed by atoms with Crippen LogP contribution in [0, 0.1) is 20.8 Å². The molecule has 0 radical (unpaired) electrons. The lowest BCUT2D eigenvalue weighted by molar-refractivity contribution is -0.116. The number of anilines is 1. The van der Waals surface area contributed by atoms with E-state index in [9.17, 15) is 9.59 Å². The minimum absolute atomic E-state index is 0.129. The number of rotatable bonds is 6. The maximum atomic E-state index is 12.2. The van der Waals surface area contributed by atoms with Crippen LogP contribution in [0.3, 0.4) is 0 Å². The van der Waals surface area contributed by atoms with E-state index in [-0.39, 0.29) is 11.5 Å². The number of benzene rings is 1. The summed E-state index contributed by atoms with van der Waals surface area (Å²) in [6.07, 6.45) is 2.80. The second kappa shape index (κ2) is 8.11. The molecule has 2 N–H and O–H groups in total. The molecule has 0 spiro atoms. The van der Waals surface area contributed by atoms with Crippen LogP contribution in [0.1, 0.15) is 39.3 Å². The summed E-state index contributed by atoms with van der Waals surface area (Å²) in [6, 6.07) is 4.76. The molecule has 1 amide bonds. The highest BCUT2D eigenvalue weighted by Crippen LogP contribution is 2.18. The summed E-state index contributed by atoms with van der Waals surface area (Å²) in [5.74, 6) is -1.11.